The van der Waals surface area contributed by atoms with Crippen LogP contribution >= 0.6 is 11.8 Å². The van der Waals surface area contributed by atoms with Gasteiger partial charge in [0, 0.05) is 11.3 Å². The molecule has 1 amide bonds. The van der Waals surface area contributed by atoms with Crippen molar-refractivity contribution in [3.05, 3.63) is 70.8 Å². The summed E-state index contributed by atoms with van der Waals surface area (Å²) >= 11 is 1.59. The highest BCUT2D eigenvalue weighted by atomic mass is 32.2. The van der Waals surface area contributed by atoms with Crippen LogP contribution < -0.4 is 11.1 Å². The molecule has 1 heterocycles. The lowest BCUT2D eigenvalue weighted by Gasteiger charge is -2.30. The number of nitrogens with zero attached hydrogens (tertiary/aromatic N) is 1. The first-order valence-electron chi connectivity index (χ1n) is 9.02. The smallest absolute Gasteiger partial charge is 0.251 e. The standard InChI is InChI=1S/C21H23N3OS/c1-21(11-12-26-20(22)24-21)16-7-4-6-15(13-16)19(25)23-18-10-9-14-5-2-3-8-17(14)18/h2-8,13,18H,9-12H2,1H3,(H2,22,24)(H,23,25). The Labute approximate surface area is 158 Å². The molecule has 1 aliphatic carbocycles. The van der Waals surface area contributed by atoms with Gasteiger partial charge in [0.15, 0.2) is 5.17 Å². The third kappa shape index (κ3) is 3.23. The molecule has 4 nitrogen and oxygen atoms in total. The van der Waals surface area contributed by atoms with E-state index >= 15 is 0 Å². The number of nitrogens with one attached hydrogen (secondary N) is 1. The Morgan fingerprint density at radius 1 is 1.27 bits per heavy atom. The Hall–Kier alpha value is -2.27. The van der Waals surface area contributed by atoms with Crippen molar-refractivity contribution in [1.29, 1.82) is 0 Å². The van der Waals surface area contributed by atoms with E-state index in [0.29, 0.717) is 10.7 Å². The van der Waals surface area contributed by atoms with Crippen LogP contribution in [0.1, 0.15) is 52.9 Å². The lowest BCUT2D eigenvalue weighted by molar-refractivity contribution is 0.0936. The van der Waals surface area contributed by atoms with Gasteiger partial charge in [0.05, 0.1) is 11.6 Å². The first-order valence-corrected chi connectivity index (χ1v) is 10.0. The minimum absolute atomic E-state index is 0.0284. The highest BCUT2D eigenvalue weighted by molar-refractivity contribution is 8.13. The molecule has 2 aliphatic rings. The summed E-state index contributed by atoms with van der Waals surface area (Å²) in [5, 5.41) is 3.82. The molecule has 0 saturated heterocycles. The van der Waals surface area contributed by atoms with Crippen LogP contribution in [0.25, 0.3) is 0 Å². The number of hydrogen-bond donors (Lipinski definition) is 2. The van der Waals surface area contributed by atoms with Crippen LogP contribution in [0.15, 0.2) is 53.5 Å². The Balaban J connectivity index is 1.56. The van der Waals surface area contributed by atoms with Gasteiger partial charge in [-0.2, -0.15) is 0 Å². The molecule has 0 radical (unpaired) electrons. The van der Waals surface area contributed by atoms with Crippen LogP contribution in [-0.4, -0.2) is 16.8 Å². The number of aryl methyl sites for hydroxylation is 1. The molecule has 0 aromatic heterocycles. The number of thioether (sulfide) groups is 1. The summed E-state index contributed by atoms with van der Waals surface area (Å²) in [6.07, 6.45) is 2.89. The number of rotatable bonds is 3. The minimum Gasteiger partial charge on any atom is -0.379 e. The highest BCUT2D eigenvalue weighted by Gasteiger charge is 2.30. The first kappa shape index (κ1) is 17.2. The molecule has 26 heavy (non-hydrogen) atoms. The maximum absolute atomic E-state index is 12.8. The molecule has 2 aromatic rings. The predicted octanol–water partition coefficient (Wildman–Crippen LogP) is 3.77. The fourth-order valence-corrected chi connectivity index (χ4v) is 4.81. The average Bonchev–Trinajstić information content (AvgIpc) is 3.05. The molecule has 1 aliphatic heterocycles. The van der Waals surface area contributed by atoms with E-state index in [0.717, 1.165) is 30.6 Å². The summed E-state index contributed by atoms with van der Waals surface area (Å²) in [5.74, 6) is 0.917. The van der Waals surface area contributed by atoms with Crippen LogP contribution in [-0.2, 0) is 12.0 Å². The van der Waals surface area contributed by atoms with E-state index in [1.807, 2.05) is 30.3 Å². The largest absolute Gasteiger partial charge is 0.379 e. The topological polar surface area (TPSA) is 67.5 Å². The molecule has 2 atom stereocenters. The van der Waals surface area contributed by atoms with Gasteiger partial charge in [-0.3, -0.25) is 9.79 Å². The highest BCUT2D eigenvalue weighted by Crippen LogP contribution is 2.35. The summed E-state index contributed by atoms with van der Waals surface area (Å²) in [7, 11) is 0. The van der Waals surface area contributed by atoms with Gasteiger partial charge in [0.25, 0.3) is 5.91 Å². The van der Waals surface area contributed by atoms with Crippen molar-refractivity contribution in [3.8, 4) is 0 Å². The van der Waals surface area contributed by atoms with Crippen LogP contribution in [0.3, 0.4) is 0 Å². The fourth-order valence-electron chi connectivity index (χ4n) is 3.84. The van der Waals surface area contributed by atoms with Crippen LogP contribution in [0.4, 0.5) is 0 Å². The lowest BCUT2D eigenvalue weighted by Crippen LogP contribution is -2.30. The fraction of sp³-hybridized carbons (Fsp3) is 0.333. The number of amides is 1. The first-order chi connectivity index (χ1) is 12.5. The Morgan fingerprint density at radius 2 is 2.12 bits per heavy atom. The normalized spacial score (nSPS) is 24.7. The lowest BCUT2D eigenvalue weighted by atomic mass is 9.88. The van der Waals surface area contributed by atoms with Crippen LogP contribution in [0.2, 0.25) is 0 Å². The Kier molecular flexibility index (Phi) is 4.49. The van der Waals surface area contributed by atoms with E-state index in [1.165, 1.54) is 11.1 Å². The molecule has 134 valence electrons. The van der Waals surface area contributed by atoms with E-state index < -0.39 is 0 Å². The molecule has 0 spiro atoms. The number of carbonyl (C=O) groups excluding carboxylic acids is 1. The average molecular weight is 366 g/mol. The van der Waals surface area contributed by atoms with Gasteiger partial charge in [0.2, 0.25) is 0 Å². The van der Waals surface area contributed by atoms with Crippen molar-refractivity contribution in [2.45, 2.75) is 37.8 Å². The van der Waals surface area contributed by atoms with Gasteiger partial charge < -0.3 is 11.1 Å². The summed E-state index contributed by atoms with van der Waals surface area (Å²) in [5.41, 5.74) is 9.88. The van der Waals surface area contributed by atoms with Gasteiger partial charge in [-0.25, -0.2) is 0 Å². The Morgan fingerprint density at radius 3 is 2.96 bits per heavy atom. The molecule has 0 fully saturated rings. The zero-order valence-electron chi connectivity index (χ0n) is 14.9. The van der Waals surface area contributed by atoms with Gasteiger partial charge in [-0.15, -0.1) is 0 Å². The second-order valence-corrected chi connectivity index (χ2v) is 8.28. The molecular weight excluding hydrogens is 342 g/mol. The zero-order chi connectivity index (χ0) is 18.1. The molecular formula is C21H23N3OS. The molecule has 4 rings (SSSR count). The van der Waals surface area contributed by atoms with Gasteiger partial charge in [-0.1, -0.05) is 48.2 Å². The van der Waals surface area contributed by atoms with Crippen molar-refractivity contribution in [3.63, 3.8) is 0 Å². The van der Waals surface area contributed by atoms with Gasteiger partial charge in [0.1, 0.15) is 0 Å². The van der Waals surface area contributed by atoms with Crippen LogP contribution in [0, 0.1) is 0 Å². The molecule has 5 heteroatoms. The van der Waals surface area contributed by atoms with E-state index in [4.69, 9.17) is 5.73 Å². The third-order valence-corrected chi connectivity index (χ3v) is 6.18. The van der Waals surface area contributed by atoms with Crippen molar-refractivity contribution in [2.75, 3.05) is 5.75 Å². The van der Waals surface area contributed by atoms with Gasteiger partial charge >= 0.3 is 0 Å². The maximum atomic E-state index is 12.8. The number of aliphatic imine (C=N–C) groups is 1. The molecule has 2 aromatic carbocycles. The Bertz CT molecular complexity index is 879. The van der Waals surface area contributed by atoms with E-state index in [1.54, 1.807) is 11.8 Å². The van der Waals surface area contributed by atoms with Crippen LogP contribution in [0.5, 0.6) is 0 Å². The molecule has 0 bridgehead atoms. The number of nitrogens with two attached hydrogens (primary N) is 1. The third-order valence-electron chi connectivity index (χ3n) is 5.38. The second kappa shape index (κ2) is 6.80. The summed E-state index contributed by atoms with van der Waals surface area (Å²) in [6, 6.07) is 16.2. The van der Waals surface area contributed by atoms with E-state index in [9.17, 15) is 4.79 Å². The quantitative estimate of drug-likeness (QED) is 0.870. The molecule has 3 N–H and O–H groups in total. The minimum atomic E-state index is -0.356. The number of amidine groups is 1. The summed E-state index contributed by atoms with van der Waals surface area (Å²) < 4.78 is 0. The van der Waals surface area contributed by atoms with E-state index in [2.05, 4.69) is 35.4 Å². The van der Waals surface area contributed by atoms with Gasteiger partial charge in [-0.05, 0) is 55.0 Å². The van der Waals surface area contributed by atoms with Crippen molar-refractivity contribution in [1.82, 2.24) is 5.32 Å². The number of carbonyl (C=O) groups is 1. The molecule has 2 unspecified atom stereocenters. The summed E-state index contributed by atoms with van der Waals surface area (Å²) in [6.45, 7) is 2.09. The monoisotopic (exact) mass is 365 g/mol. The number of fused-ring (bicyclic) bond motifs is 1. The van der Waals surface area contributed by atoms with Crippen molar-refractivity contribution < 1.29 is 4.79 Å². The second-order valence-electron chi connectivity index (χ2n) is 7.17. The number of benzene rings is 2. The van der Waals surface area contributed by atoms with Crippen molar-refractivity contribution in [2.24, 2.45) is 10.7 Å². The summed E-state index contributed by atoms with van der Waals surface area (Å²) in [4.78, 5) is 17.5. The zero-order valence-corrected chi connectivity index (χ0v) is 15.7. The molecule has 0 saturated carbocycles. The van der Waals surface area contributed by atoms with Crippen molar-refractivity contribution >= 4 is 22.8 Å². The van der Waals surface area contributed by atoms with E-state index in [-0.39, 0.29) is 17.5 Å². The predicted molar refractivity (Wildman–Crippen MR) is 107 cm³/mol. The SMILES string of the molecule is CC1(c2cccc(C(=O)NC3CCc4ccccc43)c2)CCSC(N)=N1. The number of hydrogen-bond acceptors (Lipinski definition) is 4. The maximum Gasteiger partial charge on any atom is 0.251 e.